The molecule has 0 rings (SSSR count). The van der Waals surface area contributed by atoms with E-state index in [0.717, 1.165) is 148 Å². The quantitative estimate of drug-likeness (QED) is 0.0262. The molecule has 0 fully saturated rings. The molecule has 0 amide bonds. The van der Waals surface area contributed by atoms with E-state index in [9.17, 15) is 14.4 Å². The largest absolute Gasteiger partial charge is 0.462 e. The van der Waals surface area contributed by atoms with Gasteiger partial charge in [0.25, 0.3) is 0 Å². The van der Waals surface area contributed by atoms with Crippen LogP contribution in [0.2, 0.25) is 0 Å². The smallest absolute Gasteiger partial charge is 0.306 e. The maximum atomic E-state index is 12.8. The van der Waals surface area contributed by atoms with Crippen LogP contribution in [0, 0.1) is 0 Å². The van der Waals surface area contributed by atoms with Gasteiger partial charge in [0, 0.05) is 19.3 Å². The number of rotatable bonds is 46. The predicted molar refractivity (Wildman–Crippen MR) is 292 cm³/mol. The third-order valence-electron chi connectivity index (χ3n) is 10.5. The number of unbranched alkanes of at least 4 members (excludes halogenated alkanes) is 11. The molecule has 0 aromatic carbocycles. The number of hydrogen-bond donors (Lipinski definition) is 0. The summed E-state index contributed by atoms with van der Waals surface area (Å²) >= 11 is 0. The third kappa shape index (κ3) is 52.3. The molecule has 6 nitrogen and oxygen atoms in total. The highest BCUT2D eigenvalue weighted by Crippen LogP contribution is 2.12. The van der Waals surface area contributed by atoms with E-state index >= 15 is 0 Å². The van der Waals surface area contributed by atoms with Crippen LogP contribution in [0.3, 0.4) is 0 Å². The van der Waals surface area contributed by atoms with E-state index in [4.69, 9.17) is 14.2 Å². The molecule has 6 heteroatoms. The minimum Gasteiger partial charge on any atom is -0.462 e. The van der Waals surface area contributed by atoms with Crippen LogP contribution in [0.4, 0.5) is 0 Å². The third-order valence-corrected chi connectivity index (χ3v) is 10.5. The Morgan fingerprint density at radius 2 is 0.574 bits per heavy atom. The molecule has 0 aromatic heterocycles. The van der Waals surface area contributed by atoms with Gasteiger partial charge in [-0.2, -0.15) is 0 Å². The van der Waals surface area contributed by atoms with Crippen LogP contribution in [0.5, 0.6) is 0 Å². The molecule has 0 spiro atoms. The molecule has 0 aliphatic carbocycles. The summed E-state index contributed by atoms with van der Waals surface area (Å²) in [5.74, 6) is -1.01. The molecule has 0 aliphatic heterocycles. The van der Waals surface area contributed by atoms with Gasteiger partial charge in [-0.05, 0) is 135 Å². The number of esters is 3. The Labute approximate surface area is 417 Å². The number of carbonyl (C=O) groups excluding carboxylic acids is 3. The SMILES string of the molecule is CC/C=C\C/C=C\C/C=C\C/C=C\C/C=C\C/C=C\C/C=C\CCCCCC(=O)OCC(COC(=O)CCCCCCC/C=C\CCC)OC(=O)CCCC/C=C\C/C=C\C/C=C\C/C=C\CC. The van der Waals surface area contributed by atoms with Crippen molar-refractivity contribution in [3.8, 4) is 0 Å². The second-order valence-electron chi connectivity index (χ2n) is 17.0. The Morgan fingerprint density at radius 3 is 0.956 bits per heavy atom. The molecule has 0 radical (unpaired) electrons. The van der Waals surface area contributed by atoms with E-state index in [-0.39, 0.29) is 37.5 Å². The van der Waals surface area contributed by atoms with Gasteiger partial charge in [0.05, 0.1) is 0 Å². The van der Waals surface area contributed by atoms with Crippen molar-refractivity contribution >= 4 is 17.9 Å². The highest BCUT2D eigenvalue weighted by molar-refractivity contribution is 5.71. The number of allylic oxidation sites excluding steroid dienone is 24. The average molecular weight is 937 g/mol. The van der Waals surface area contributed by atoms with Crippen LogP contribution in [-0.4, -0.2) is 37.2 Å². The first-order valence-corrected chi connectivity index (χ1v) is 26.8. The Morgan fingerprint density at radius 1 is 0.309 bits per heavy atom. The summed E-state index contributed by atoms with van der Waals surface area (Å²) in [6.45, 7) is 6.25. The van der Waals surface area contributed by atoms with Gasteiger partial charge in [-0.3, -0.25) is 14.4 Å². The molecule has 0 saturated carbocycles. The number of hydrogen-bond acceptors (Lipinski definition) is 6. The van der Waals surface area contributed by atoms with Crippen molar-refractivity contribution in [2.45, 2.75) is 213 Å². The molecule has 68 heavy (non-hydrogen) atoms. The van der Waals surface area contributed by atoms with Gasteiger partial charge in [-0.15, -0.1) is 0 Å². The van der Waals surface area contributed by atoms with Crippen molar-refractivity contribution in [1.82, 2.24) is 0 Å². The second-order valence-corrected chi connectivity index (χ2v) is 17.0. The van der Waals surface area contributed by atoms with Crippen LogP contribution in [0.15, 0.2) is 146 Å². The monoisotopic (exact) mass is 937 g/mol. The second kappa shape index (κ2) is 54.9. The summed E-state index contributed by atoms with van der Waals surface area (Å²) in [5, 5.41) is 0. The van der Waals surface area contributed by atoms with E-state index < -0.39 is 6.10 Å². The molecule has 0 saturated heterocycles. The molecule has 0 bridgehead atoms. The lowest BCUT2D eigenvalue weighted by atomic mass is 10.1. The van der Waals surface area contributed by atoms with Gasteiger partial charge in [0.15, 0.2) is 6.10 Å². The predicted octanol–water partition coefficient (Wildman–Crippen LogP) is 18.0. The van der Waals surface area contributed by atoms with Crippen molar-refractivity contribution in [3.05, 3.63) is 146 Å². The first kappa shape index (κ1) is 63.3. The minimum atomic E-state index is -0.822. The van der Waals surface area contributed by atoms with Gasteiger partial charge in [-0.25, -0.2) is 0 Å². The van der Waals surface area contributed by atoms with Gasteiger partial charge >= 0.3 is 17.9 Å². The summed E-state index contributed by atoms with van der Waals surface area (Å²) in [6, 6.07) is 0. The van der Waals surface area contributed by atoms with Gasteiger partial charge in [-0.1, -0.05) is 199 Å². The molecule has 0 aliphatic rings. The Hall–Kier alpha value is -4.71. The lowest BCUT2D eigenvalue weighted by Crippen LogP contribution is -2.30. The topological polar surface area (TPSA) is 78.9 Å². The maximum Gasteiger partial charge on any atom is 0.306 e. The molecule has 1 unspecified atom stereocenters. The zero-order chi connectivity index (χ0) is 49.3. The highest BCUT2D eigenvalue weighted by Gasteiger charge is 2.19. The Balaban J connectivity index is 4.46. The molecule has 0 N–H and O–H groups in total. The summed E-state index contributed by atoms with van der Waals surface area (Å²) in [5.41, 5.74) is 0. The van der Waals surface area contributed by atoms with E-state index in [2.05, 4.69) is 167 Å². The van der Waals surface area contributed by atoms with E-state index in [1.807, 2.05) is 0 Å². The standard InChI is InChI=1S/C62H96O6/c1-4-7-10-13-16-19-22-24-26-27-28-29-30-31-32-33-34-35-37-38-40-43-46-49-52-55-61(64)67-58-59(57-66-60(63)54-51-48-45-42-21-18-15-12-9-6-3)68-62(65)56-53-50-47-44-41-39-36-25-23-20-17-14-11-8-5-2/h7-8,10-12,15-17,19-20,24-26,28-29,31-32,34-36,38,40-41,44,59H,4-6,9,13-14,18,21-23,27,30,33,37,39,42-43,45-58H2,1-3H3/b10-7-,11-8-,15-12-,19-16-,20-17-,26-24-,29-28-,32-31-,35-34-,36-25-,40-38-,44-41-. The fourth-order valence-corrected chi connectivity index (χ4v) is 6.59. The molecular formula is C62H96O6. The van der Waals surface area contributed by atoms with Gasteiger partial charge < -0.3 is 14.2 Å². The molecular weight excluding hydrogens is 841 g/mol. The molecule has 1 atom stereocenters. The first-order valence-electron chi connectivity index (χ1n) is 26.8. The Bertz CT molecular complexity index is 1540. The highest BCUT2D eigenvalue weighted by atomic mass is 16.6. The van der Waals surface area contributed by atoms with Crippen molar-refractivity contribution in [3.63, 3.8) is 0 Å². The van der Waals surface area contributed by atoms with Crippen molar-refractivity contribution < 1.29 is 28.6 Å². The maximum absolute atomic E-state index is 12.8. The zero-order valence-corrected chi connectivity index (χ0v) is 43.3. The van der Waals surface area contributed by atoms with E-state index in [1.165, 1.54) is 12.8 Å². The number of ether oxygens (including phenoxy) is 3. The van der Waals surface area contributed by atoms with E-state index in [1.54, 1.807) is 0 Å². The summed E-state index contributed by atoms with van der Waals surface area (Å²) in [6.07, 6.45) is 78.4. The van der Waals surface area contributed by atoms with Crippen LogP contribution in [0.25, 0.3) is 0 Å². The number of carbonyl (C=O) groups is 3. The lowest BCUT2D eigenvalue weighted by molar-refractivity contribution is -0.167. The van der Waals surface area contributed by atoms with Crippen LogP contribution in [-0.2, 0) is 28.6 Å². The van der Waals surface area contributed by atoms with Crippen molar-refractivity contribution in [2.24, 2.45) is 0 Å². The molecule has 0 heterocycles. The van der Waals surface area contributed by atoms with Crippen LogP contribution < -0.4 is 0 Å². The van der Waals surface area contributed by atoms with Crippen LogP contribution >= 0.6 is 0 Å². The Kier molecular flexibility index (Phi) is 51.1. The van der Waals surface area contributed by atoms with Crippen molar-refractivity contribution in [1.29, 1.82) is 0 Å². The van der Waals surface area contributed by atoms with Gasteiger partial charge in [0.2, 0.25) is 0 Å². The van der Waals surface area contributed by atoms with Crippen LogP contribution in [0.1, 0.15) is 207 Å². The summed E-state index contributed by atoms with van der Waals surface area (Å²) in [4.78, 5) is 38.0. The summed E-state index contributed by atoms with van der Waals surface area (Å²) in [7, 11) is 0. The normalized spacial score (nSPS) is 13.3. The minimum absolute atomic E-state index is 0.116. The zero-order valence-electron chi connectivity index (χ0n) is 43.3. The van der Waals surface area contributed by atoms with Gasteiger partial charge in [0.1, 0.15) is 13.2 Å². The first-order chi connectivity index (χ1) is 33.5. The average Bonchev–Trinajstić information content (AvgIpc) is 3.34. The lowest BCUT2D eigenvalue weighted by Gasteiger charge is -2.18. The van der Waals surface area contributed by atoms with E-state index in [0.29, 0.717) is 19.3 Å². The van der Waals surface area contributed by atoms with Crippen molar-refractivity contribution in [2.75, 3.05) is 13.2 Å². The molecule has 380 valence electrons. The molecule has 0 aromatic rings. The fraction of sp³-hybridized carbons (Fsp3) is 0.565. The summed E-state index contributed by atoms with van der Waals surface area (Å²) < 4.78 is 16.7. The fourth-order valence-electron chi connectivity index (χ4n) is 6.59.